The van der Waals surface area contributed by atoms with Crippen LogP contribution in [0, 0.1) is 0 Å². The molecule has 8 heteroatoms. The standard InChI is InChI=1S/C21H22OSSi.C4H10S3.O.Tc/c23-18-10-17-22-24(19-11-4-1-5-12-19,20-13-6-2-7-14-20)21-15-8-3-9-16-21;5-1-3-7-4-2-6;;/h1-9,11-16,23H,10,17-18H2;5-6H,1-4H2;;/q;;;+3/p-3/i;;;1+1. The zero-order valence-electron chi connectivity index (χ0n) is 18.4. The Morgan fingerprint density at radius 1 is 0.636 bits per heavy atom. The van der Waals surface area contributed by atoms with Crippen molar-refractivity contribution in [3.63, 3.8) is 0 Å². The van der Waals surface area contributed by atoms with Crippen LogP contribution in [-0.2, 0) is 64.7 Å². The van der Waals surface area contributed by atoms with Crippen LogP contribution in [0.1, 0.15) is 6.42 Å². The zero-order valence-corrected chi connectivity index (χ0v) is 24.6. The van der Waals surface area contributed by atoms with Crippen molar-refractivity contribution in [3.05, 3.63) is 91.0 Å². The van der Waals surface area contributed by atoms with Crippen LogP contribution in [0.2, 0.25) is 0 Å². The monoisotopic (exact) mass is 616 g/mol. The Labute approximate surface area is 231 Å². The number of hydrogen-bond donors (Lipinski definition) is 0. The van der Waals surface area contributed by atoms with E-state index in [1.807, 2.05) is 11.8 Å². The molecule has 3 aromatic rings. The topological polar surface area (TPSA) is 26.3 Å². The first-order valence-electron chi connectivity index (χ1n) is 10.6. The fourth-order valence-electron chi connectivity index (χ4n) is 3.27. The quantitative estimate of drug-likeness (QED) is 0.142. The second-order valence-corrected chi connectivity index (χ2v) is 12.5. The van der Waals surface area contributed by atoms with Crippen LogP contribution in [0.5, 0.6) is 0 Å². The molecule has 176 valence electrons. The van der Waals surface area contributed by atoms with E-state index in [-0.39, 0.29) is 0 Å². The molecule has 0 aliphatic rings. The molecule has 0 spiro atoms. The van der Waals surface area contributed by atoms with Gasteiger partial charge in [-0.25, -0.2) is 0 Å². The summed E-state index contributed by atoms with van der Waals surface area (Å²) in [5.41, 5.74) is 0. The van der Waals surface area contributed by atoms with Gasteiger partial charge in [0.25, 0.3) is 8.32 Å². The Morgan fingerprint density at radius 2 is 1.00 bits per heavy atom. The number of rotatable bonds is 11. The van der Waals surface area contributed by atoms with Gasteiger partial charge in [-0.05, 0) is 27.1 Å². The average molecular weight is 617 g/mol. The Hall–Kier alpha value is -0.314. The van der Waals surface area contributed by atoms with Gasteiger partial charge in [-0.2, -0.15) is 29.0 Å². The van der Waals surface area contributed by atoms with Crippen molar-refractivity contribution < 1.29 is 26.8 Å². The molecule has 0 radical (unpaired) electrons. The maximum absolute atomic E-state index is 8.22. The van der Waals surface area contributed by atoms with Gasteiger partial charge >= 0.3 is 22.4 Å². The second kappa shape index (κ2) is 19.9. The van der Waals surface area contributed by atoms with Gasteiger partial charge in [0.15, 0.2) is 0 Å². The van der Waals surface area contributed by atoms with Crippen LogP contribution in [-0.4, -0.2) is 43.7 Å². The molecule has 0 unspecified atom stereocenters. The Balaban J connectivity index is 0.000000520. The first kappa shape index (κ1) is 30.7. The summed E-state index contributed by atoms with van der Waals surface area (Å²) >= 11 is 17.3. The molecule has 0 aliphatic carbocycles. The number of hydrogen-bond acceptors (Lipinski definition) is 6. The van der Waals surface area contributed by atoms with Crippen molar-refractivity contribution in [2.24, 2.45) is 0 Å². The van der Waals surface area contributed by atoms with Crippen molar-refractivity contribution in [2.75, 3.05) is 35.4 Å². The average Bonchev–Trinajstić information content (AvgIpc) is 2.90. The fourth-order valence-corrected chi connectivity index (χ4v) is 8.47. The summed E-state index contributed by atoms with van der Waals surface area (Å²) in [5.74, 6) is 4.63. The molecule has 0 fully saturated rings. The van der Waals surface area contributed by atoms with E-state index in [2.05, 4.69) is 91.0 Å². The molecule has 0 heterocycles. The Morgan fingerprint density at radius 3 is 1.30 bits per heavy atom. The third-order valence-electron chi connectivity index (χ3n) is 4.60. The fraction of sp³-hybridized carbons (Fsp3) is 0.280. The minimum atomic E-state index is -2.51. The van der Waals surface area contributed by atoms with Crippen LogP contribution in [0.25, 0.3) is 0 Å². The van der Waals surface area contributed by atoms with E-state index in [1.165, 1.54) is 15.6 Å². The minimum Gasteiger partial charge on any atom is -0.793 e. The normalized spacial score (nSPS) is 10.4. The van der Waals surface area contributed by atoms with Crippen molar-refractivity contribution in [1.29, 1.82) is 0 Å². The third-order valence-corrected chi connectivity index (χ3v) is 10.9. The van der Waals surface area contributed by atoms with E-state index in [9.17, 15) is 0 Å². The van der Waals surface area contributed by atoms with Gasteiger partial charge in [0.2, 0.25) is 0 Å². The van der Waals surface area contributed by atoms with Crippen LogP contribution in [0.3, 0.4) is 0 Å². The molecule has 2 nitrogen and oxygen atoms in total. The van der Waals surface area contributed by atoms with Crippen LogP contribution >= 0.6 is 11.8 Å². The molecular weight excluding hydrogens is 588 g/mol. The summed E-state index contributed by atoms with van der Waals surface area (Å²) in [6.45, 7) is 0.689. The van der Waals surface area contributed by atoms with Gasteiger partial charge in [-0.15, -0.1) is 0 Å². The van der Waals surface area contributed by atoms with Gasteiger partial charge in [-0.3, -0.25) is 0 Å². The van der Waals surface area contributed by atoms with Gasteiger partial charge in [0.1, 0.15) is 0 Å². The molecule has 3 rings (SSSR count). The van der Waals surface area contributed by atoms with Crippen molar-refractivity contribution in [1.82, 2.24) is 0 Å². The number of benzene rings is 3. The van der Waals surface area contributed by atoms with Gasteiger partial charge in [-0.1, -0.05) is 97.4 Å². The van der Waals surface area contributed by atoms with Crippen LogP contribution in [0.15, 0.2) is 91.0 Å². The molecule has 3 aromatic carbocycles. The van der Waals surface area contributed by atoms with Crippen molar-refractivity contribution in [2.45, 2.75) is 6.42 Å². The van der Waals surface area contributed by atoms with Gasteiger partial charge in [0.05, 0.1) is 0 Å². The predicted octanol–water partition coefficient (Wildman–Crippen LogP) is 3.30. The first-order valence-corrected chi connectivity index (χ1v) is 16.1. The maximum Gasteiger partial charge on any atom is 0.288 e. The summed E-state index contributed by atoms with van der Waals surface area (Å²) in [6.07, 6.45) is 0.899. The molecular formula is C25H29O2S4SiTc. The molecule has 33 heavy (non-hydrogen) atoms. The summed E-state index contributed by atoms with van der Waals surface area (Å²) in [5, 5.41) is 3.81. The second-order valence-electron chi connectivity index (χ2n) is 6.71. The Kier molecular flexibility index (Phi) is 18.6. The smallest absolute Gasteiger partial charge is 0.288 e. The Bertz CT molecular complexity index is 744. The molecule has 0 saturated carbocycles. The van der Waals surface area contributed by atoms with Gasteiger partial charge < -0.3 is 42.3 Å². The number of thioether (sulfide) groups is 1. The maximum atomic E-state index is 8.22. The molecule has 0 atom stereocenters. The summed E-state index contributed by atoms with van der Waals surface area (Å²) in [4.78, 5) is 0. The summed E-state index contributed by atoms with van der Waals surface area (Å²) in [6, 6.07) is 31.9. The largest absolute Gasteiger partial charge is 0.793 e. The van der Waals surface area contributed by atoms with Crippen LogP contribution < -0.4 is 15.6 Å². The van der Waals surface area contributed by atoms with E-state index in [4.69, 9.17) is 45.8 Å². The molecule has 0 N–H and O–H groups in total. The van der Waals surface area contributed by atoms with Gasteiger partial charge in [0, 0.05) is 6.61 Å². The summed E-state index contributed by atoms with van der Waals surface area (Å²) < 4.78 is 14.9. The zero-order chi connectivity index (χ0) is 24.2. The van der Waals surface area contributed by atoms with Crippen molar-refractivity contribution >= 4 is 73.5 Å². The molecule has 0 aliphatic heterocycles. The van der Waals surface area contributed by atoms with E-state index in [0.717, 1.165) is 54.0 Å². The third kappa shape index (κ3) is 10.5. The van der Waals surface area contributed by atoms with E-state index in [1.54, 1.807) is 0 Å². The van der Waals surface area contributed by atoms with E-state index < -0.39 is 8.32 Å². The van der Waals surface area contributed by atoms with Crippen molar-refractivity contribution in [3.8, 4) is 0 Å². The minimum absolute atomic E-state index is 0.689. The van der Waals surface area contributed by atoms with E-state index >= 15 is 0 Å². The predicted molar refractivity (Wildman–Crippen MR) is 149 cm³/mol. The molecule has 0 amide bonds. The molecule has 0 bridgehead atoms. The van der Waals surface area contributed by atoms with E-state index in [0.29, 0.717) is 6.61 Å². The first-order chi connectivity index (χ1) is 16.3. The molecule has 0 saturated heterocycles. The SMILES string of the molecule is [O]=[99Tc+3].[S-]CCCO[Si](c1ccccc1)(c1ccccc1)c1ccccc1.[S-]CCSCC[S-]. The van der Waals surface area contributed by atoms with Crippen LogP contribution in [0.4, 0.5) is 0 Å². The molecule has 0 aromatic heterocycles. The summed E-state index contributed by atoms with van der Waals surface area (Å²) in [7, 11) is -2.51.